The third kappa shape index (κ3) is 3.96. The van der Waals surface area contributed by atoms with Crippen LogP contribution >= 0.6 is 0 Å². The number of halogens is 1. The Morgan fingerprint density at radius 2 is 2.07 bits per heavy atom. The van der Waals surface area contributed by atoms with Gasteiger partial charge in [-0.15, -0.1) is 0 Å². The Labute approximate surface area is 157 Å². The molecule has 7 nitrogen and oxygen atoms in total. The van der Waals surface area contributed by atoms with Gasteiger partial charge in [0.2, 0.25) is 12.5 Å². The second-order valence-electron chi connectivity index (χ2n) is 8.22. The number of nitrogens with zero attached hydrogens (tertiary/aromatic N) is 1. The summed E-state index contributed by atoms with van der Waals surface area (Å²) in [5.41, 5.74) is -1.05. The van der Waals surface area contributed by atoms with Crippen LogP contribution in [-0.2, 0) is 15.9 Å². The molecule has 1 aromatic rings. The Kier molecular flexibility index (Phi) is 4.98. The van der Waals surface area contributed by atoms with Crippen molar-refractivity contribution in [3.05, 3.63) is 23.5 Å². The molecule has 1 amide bonds. The van der Waals surface area contributed by atoms with Crippen LogP contribution in [0.1, 0.15) is 40.2 Å². The maximum Gasteiger partial charge on any atom is 0.412 e. The highest BCUT2D eigenvalue weighted by atomic mass is 19.1. The Morgan fingerprint density at radius 3 is 2.70 bits per heavy atom. The lowest BCUT2D eigenvalue weighted by atomic mass is 10.00. The van der Waals surface area contributed by atoms with E-state index in [1.54, 1.807) is 40.7 Å². The summed E-state index contributed by atoms with van der Waals surface area (Å²) in [5, 5.41) is 9.77. The smallest absolute Gasteiger partial charge is 0.412 e. The van der Waals surface area contributed by atoms with Gasteiger partial charge in [0.15, 0.2) is 11.6 Å². The molecule has 27 heavy (non-hydrogen) atoms. The van der Waals surface area contributed by atoms with E-state index in [0.717, 1.165) is 0 Å². The molecular formula is C19H26FNO6. The van der Waals surface area contributed by atoms with E-state index in [9.17, 15) is 14.3 Å². The third-order valence-electron chi connectivity index (χ3n) is 4.48. The zero-order valence-corrected chi connectivity index (χ0v) is 16.2. The highest BCUT2D eigenvalue weighted by Gasteiger charge is 2.51. The lowest BCUT2D eigenvalue weighted by molar-refractivity contribution is -0.0866. The molecule has 1 saturated heterocycles. The summed E-state index contributed by atoms with van der Waals surface area (Å²) < 4.78 is 36.0. The molecule has 1 fully saturated rings. The Balaban J connectivity index is 1.90. The van der Waals surface area contributed by atoms with Gasteiger partial charge in [-0.1, -0.05) is 0 Å². The number of hydrogen-bond acceptors (Lipinski definition) is 6. The molecule has 8 heteroatoms. The summed E-state index contributed by atoms with van der Waals surface area (Å²) in [6.07, 6.45) is -0.905. The van der Waals surface area contributed by atoms with Gasteiger partial charge in [-0.2, -0.15) is 0 Å². The van der Waals surface area contributed by atoms with Crippen LogP contribution in [0.25, 0.3) is 0 Å². The van der Waals surface area contributed by atoms with Crippen LogP contribution in [0.15, 0.2) is 12.1 Å². The van der Waals surface area contributed by atoms with Crippen LogP contribution in [0.3, 0.4) is 0 Å². The molecule has 2 unspecified atom stereocenters. The average molecular weight is 383 g/mol. The molecule has 2 aliphatic heterocycles. The predicted octanol–water partition coefficient (Wildman–Crippen LogP) is 2.83. The molecule has 0 spiro atoms. The van der Waals surface area contributed by atoms with Crippen molar-refractivity contribution in [3.63, 3.8) is 0 Å². The highest BCUT2D eigenvalue weighted by molar-refractivity contribution is 5.70. The third-order valence-corrected chi connectivity index (χ3v) is 4.48. The fourth-order valence-electron chi connectivity index (χ4n) is 3.50. The molecule has 150 valence electrons. The molecule has 0 bridgehead atoms. The van der Waals surface area contributed by atoms with Crippen molar-refractivity contribution in [1.82, 2.24) is 4.90 Å². The summed E-state index contributed by atoms with van der Waals surface area (Å²) in [5.74, 6) is -0.112. The first-order valence-electron chi connectivity index (χ1n) is 8.91. The van der Waals surface area contributed by atoms with E-state index in [1.165, 1.54) is 11.0 Å². The summed E-state index contributed by atoms with van der Waals surface area (Å²) in [7, 11) is 0. The summed E-state index contributed by atoms with van der Waals surface area (Å²) in [6.45, 7) is 8.50. The molecule has 3 rings (SSSR count). The number of carbonyl (C=O) groups is 1. The molecule has 0 aliphatic carbocycles. The van der Waals surface area contributed by atoms with Gasteiger partial charge < -0.3 is 24.1 Å². The van der Waals surface area contributed by atoms with Gasteiger partial charge in [-0.05, 0) is 58.7 Å². The van der Waals surface area contributed by atoms with Gasteiger partial charge in [-0.3, -0.25) is 4.90 Å². The second kappa shape index (κ2) is 6.83. The van der Waals surface area contributed by atoms with Crippen molar-refractivity contribution < 1.29 is 33.2 Å². The van der Waals surface area contributed by atoms with Crippen molar-refractivity contribution in [3.8, 4) is 11.5 Å². The summed E-state index contributed by atoms with van der Waals surface area (Å²) in [6, 6.07) is 2.50. The van der Waals surface area contributed by atoms with Gasteiger partial charge >= 0.3 is 6.09 Å². The number of carbonyl (C=O) groups excluding carboxylic acids is 1. The van der Waals surface area contributed by atoms with Crippen molar-refractivity contribution in [2.24, 2.45) is 0 Å². The zero-order valence-electron chi connectivity index (χ0n) is 16.2. The van der Waals surface area contributed by atoms with Crippen molar-refractivity contribution >= 4 is 6.09 Å². The van der Waals surface area contributed by atoms with Gasteiger partial charge in [0, 0.05) is 0 Å². The first-order chi connectivity index (χ1) is 12.5. The van der Waals surface area contributed by atoms with Crippen LogP contribution < -0.4 is 9.47 Å². The van der Waals surface area contributed by atoms with Crippen LogP contribution in [-0.4, -0.2) is 53.0 Å². The van der Waals surface area contributed by atoms with E-state index in [4.69, 9.17) is 18.9 Å². The number of ether oxygens (including phenoxy) is 4. The van der Waals surface area contributed by atoms with E-state index in [0.29, 0.717) is 11.3 Å². The maximum absolute atomic E-state index is 14.2. The highest BCUT2D eigenvalue weighted by Crippen LogP contribution is 2.39. The van der Waals surface area contributed by atoms with E-state index in [-0.39, 0.29) is 25.6 Å². The molecule has 2 heterocycles. The lowest BCUT2D eigenvalue weighted by Gasteiger charge is -2.35. The number of hydrogen-bond donors (Lipinski definition) is 1. The predicted molar refractivity (Wildman–Crippen MR) is 94.1 cm³/mol. The van der Waals surface area contributed by atoms with E-state index in [1.807, 2.05) is 0 Å². The van der Waals surface area contributed by atoms with E-state index < -0.39 is 35.4 Å². The van der Waals surface area contributed by atoms with Crippen LogP contribution in [0, 0.1) is 5.82 Å². The fraction of sp³-hybridized carbons (Fsp3) is 0.632. The van der Waals surface area contributed by atoms with Crippen LogP contribution in [0.4, 0.5) is 9.18 Å². The molecule has 0 radical (unpaired) electrons. The lowest BCUT2D eigenvalue weighted by Crippen LogP contribution is -2.51. The Hall–Kier alpha value is -2.06. The number of amides is 1. The SMILES string of the molecule is CC(C)(C)OC(=O)N1C(Cc2cc(F)c3c(c2)OCO3)C(CO)OC1(C)C. The molecule has 1 N–H and O–H groups in total. The Bertz CT molecular complexity index is 730. The number of benzene rings is 1. The van der Waals surface area contributed by atoms with E-state index >= 15 is 0 Å². The quantitative estimate of drug-likeness (QED) is 0.865. The maximum atomic E-state index is 14.2. The van der Waals surface area contributed by atoms with Crippen LogP contribution in [0.5, 0.6) is 11.5 Å². The van der Waals surface area contributed by atoms with Crippen molar-refractivity contribution in [1.29, 1.82) is 0 Å². The molecular weight excluding hydrogens is 357 g/mol. The van der Waals surface area contributed by atoms with E-state index in [2.05, 4.69) is 0 Å². The molecule has 1 aromatic carbocycles. The number of aliphatic hydroxyl groups excluding tert-OH is 1. The van der Waals surface area contributed by atoms with Gasteiger partial charge in [-0.25, -0.2) is 9.18 Å². The largest absolute Gasteiger partial charge is 0.453 e. The van der Waals surface area contributed by atoms with Gasteiger partial charge in [0.25, 0.3) is 0 Å². The summed E-state index contributed by atoms with van der Waals surface area (Å²) in [4.78, 5) is 14.3. The van der Waals surface area contributed by atoms with Crippen molar-refractivity contribution in [2.75, 3.05) is 13.4 Å². The number of fused-ring (bicyclic) bond motifs is 1. The van der Waals surface area contributed by atoms with Crippen molar-refractivity contribution in [2.45, 2.75) is 64.5 Å². The topological polar surface area (TPSA) is 77.5 Å². The Morgan fingerprint density at radius 1 is 1.37 bits per heavy atom. The summed E-state index contributed by atoms with van der Waals surface area (Å²) >= 11 is 0. The zero-order chi connectivity index (χ0) is 20.0. The monoisotopic (exact) mass is 383 g/mol. The minimum Gasteiger partial charge on any atom is -0.453 e. The molecule has 2 atom stereocenters. The molecule has 2 aliphatic rings. The first-order valence-corrected chi connectivity index (χ1v) is 8.91. The molecule has 0 saturated carbocycles. The minimum atomic E-state index is -0.977. The minimum absolute atomic E-state index is 0.0292. The second-order valence-corrected chi connectivity index (χ2v) is 8.22. The standard InChI is InChI=1S/C19H26FNO6/c1-18(2,3)27-17(23)21-13(15(9-22)26-19(21,4)5)7-11-6-12(20)16-14(8-11)24-10-25-16/h6,8,13,15,22H,7,9-10H2,1-5H3. The normalized spacial score (nSPS) is 23.6. The van der Waals surface area contributed by atoms with Crippen LogP contribution in [0.2, 0.25) is 0 Å². The molecule has 0 aromatic heterocycles. The fourth-order valence-corrected chi connectivity index (χ4v) is 3.50. The number of aliphatic hydroxyl groups is 1. The van der Waals surface area contributed by atoms with Gasteiger partial charge in [0.05, 0.1) is 12.6 Å². The number of rotatable bonds is 3. The first kappa shape index (κ1) is 19.7. The average Bonchev–Trinajstić information content (AvgIpc) is 3.07. The van der Waals surface area contributed by atoms with Gasteiger partial charge in [0.1, 0.15) is 17.4 Å².